The van der Waals surface area contributed by atoms with Gasteiger partial charge in [0.2, 0.25) is 0 Å². The first kappa shape index (κ1) is 18.9. The SMILES string of the molecule is CC(C)(C)OC(=O)N1CCC(Nc2nn(PI)c3cc(Cl)ncc23)C1. The minimum Gasteiger partial charge on any atom is -0.444 e. The smallest absolute Gasteiger partial charge is 0.410 e. The van der Waals surface area contributed by atoms with Crippen LogP contribution in [0, 0.1) is 0 Å². The highest BCUT2D eigenvalue weighted by molar-refractivity contribution is 14.2. The van der Waals surface area contributed by atoms with Gasteiger partial charge in [0.05, 0.1) is 17.3 Å². The third-order valence-electron chi connectivity index (χ3n) is 3.79. The van der Waals surface area contributed by atoms with Gasteiger partial charge < -0.3 is 15.0 Å². The molecule has 1 fully saturated rings. The van der Waals surface area contributed by atoms with Gasteiger partial charge in [0.1, 0.15) is 10.8 Å². The maximum absolute atomic E-state index is 12.2. The molecule has 2 aromatic heterocycles. The van der Waals surface area contributed by atoms with Gasteiger partial charge in [0.15, 0.2) is 5.82 Å². The van der Waals surface area contributed by atoms with Crippen LogP contribution in [0.2, 0.25) is 5.15 Å². The molecule has 1 aliphatic rings. The van der Waals surface area contributed by atoms with E-state index in [0.717, 1.165) is 23.1 Å². The van der Waals surface area contributed by atoms with E-state index < -0.39 is 5.60 Å². The van der Waals surface area contributed by atoms with Gasteiger partial charge in [-0.1, -0.05) is 11.6 Å². The Labute approximate surface area is 166 Å². The average molecular weight is 496 g/mol. The molecule has 1 saturated heterocycles. The summed E-state index contributed by atoms with van der Waals surface area (Å²) in [4.78, 5) is 18.1. The van der Waals surface area contributed by atoms with Gasteiger partial charge >= 0.3 is 6.09 Å². The number of amides is 1. The highest BCUT2D eigenvalue weighted by Gasteiger charge is 2.30. The van der Waals surface area contributed by atoms with Crippen molar-refractivity contribution in [3.05, 3.63) is 17.4 Å². The molecule has 2 atom stereocenters. The van der Waals surface area contributed by atoms with Gasteiger partial charge in [-0.2, -0.15) is 5.10 Å². The van der Waals surface area contributed by atoms with E-state index in [9.17, 15) is 4.79 Å². The minimum atomic E-state index is -0.482. The van der Waals surface area contributed by atoms with Crippen LogP contribution < -0.4 is 5.32 Å². The Balaban J connectivity index is 1.72. The first-order valence-corrected chi connectivity index (χ1v) is 12.4. The summed E-state index contributed by atoms with van der Waals surface area (Å²) in [5, 5.41) is 9.45. The van der Waals surface area contributed by atoms with Gasteiger partial charge in [-0.15, -0.1) is 0 Å². The molecule has 0 aromatic carbocycles. The maximum Gasteiger partial charge on any atom is 0.410 e. The first-order valence-electron chi connectivity index (χ1n) is 7.92. The second-order valence-corrected chi connectivity index (χ2v) is 9.35. The van der Waals surface area contributed by atoms with Crippen molar-refractivity contribution in [1.82, 2.24) is 19.4 Å². The van der Waals surface area contributed by atoms with Crippen molar-refractivity contribution < 1.29 is 9.53 Å². The van der Waals surface area contributed by atoms with E-state index in [2.05, 4.69) is 37.4 Å². The Morgan fingerprint density at radius 2 is 2.28 bits per heavy atom. The topological polar surface area (TPSA) is 72.3 Å². The lowest BCUT2D eigenvalue weighted by atomic mass is 10.2. The van der Waals surface area contributed by atoms with Gasteiger partial charge in [-0.3, -0.25) is 0 Å². The molecule has 0 bridgehead atoms. The molecule has 0 saturated carbocycles. The number of hydrogen-bond donors (Lipinski definition) is 1. The largest absolute Gasteiger partial charge is 0.444 e. The molecule has 3 rings (SSSR count). The Morgan fingerprint density at radius 1 is 1.52 bits per heavy atom. The Bertz CT molecular complexity index is 794. The van der Waals surface area contributed by atoms with Crippen molar-refractivity contribution in [2.45, 2.75) is 38.8 Å². The summed E-state index contributed by atoms with van der Waals surface area (Å²) >= 11 is 8.29. The normalized spacial score (nSPS) is 18.4. The van der Waals surface area contributed by atoms with Crippen LogP contribution >= 0.6 is 40.0 Å². The molecule has 1 aliphatic heterocycles. The molecule has 1 N–H and O–H groups in total. The van der Waals surface area contributed by atoms with E-state index >= 15 is 0 Å². The summed E-state index contributed by atoms with van der Waals surface area (Å²) in [5.74, 6) is 0.777. The standard InChI is InChI=1S/C15H20ClIN5O2P/c1-15(2,3)24-14(23)21-5-4-9(8-21)19-13-10-7-18-12(16)6-11(10)22(20-13)25-17/h6-7,9,25H,4-5,8H2,1-3H3,(H,19,20). The fraction of sp³-hybridized carbons (Fsp3) is 0.533. The summed E-state index contributed by atoms with van der Waals surface area (Å²) in [6.07, 6.45) is 2.78. The van der Waals surface area contributed by atoms with Crippen molar-refractivity contribution in [2.24, 2.45) is 0 Å². The second-order valence-electron chi connectivity index (χ2n) is 6.93. The fourth-order valence-corrected chi connectivity index (χ4v) is 4.39. The van der Waals surface area contributed by atoms with Crippen LogP contribution in [0.15, 0.2) is 12.3 Å². The number of carbonyl (C=O) groups is 1. The number of ether oxygens (including phenoxy) is 1. The van der Waals surface area contributed by atoms with Crippen molar-refractivity contribution in [2.75, 3.05) is 18.4 Å². The van der Waals surface area contributed by atoms with Crippen LogP contribution in [-0.2, 0) is 4.74 Å². The summed E-state index contributed by atoms with van der Waals surface area (Å²) in [5.41, 5.74) is 0.473. The van der Waals surface area contributed by atoms with Crippen molar-refractivity contribution >= 4 is 62.8 Å². The minimum absolute atomic E-state index is 0.132. The number of nitrogens with zero attached hydrogens (tertiary/aromatic N) is 4. The summed E-state index contributed by atoms with van der Waals surface area (Å²) in [6.45, 7) is 6.88. The van der Waals surface area contributed by atoms with Crippen LogP contribution in [0.25, 0.3) is 10.9 Å². The number of anilines is 1. The Morgan fingerprint density at radius 3 is 2.96 bits per heavy atom. The highest BCUT2D eigenvalue weighted by atomic mass is 127. The predicted octanol–water partition coefficient (Wildman–Crippen LogP) is 4.30. The zero-order valence-electron chi connectivity index (χ0n) is 14.2. The highest BCUT2D eigenvalue weighted by Crippen LogP contribution is 2.33. The molecule has 7 nitrogen and oxygen atoms in total. The van der Waals surface area contributed by atoms with E-state index in [-0.39, 0.29) is 12.1 Å². The molecule has 25 heavy (non-hydrogen) atoms. The number of hydrogen-bond acceptors (Lipinski definition) is 5. The summed E-state index contributed by atoms with van der Waals surface area (Å²) < 4.78 is 7.35. The monoisotopic (exact) mass is 495 g/mol. The van der Waals surface area contributed by atoms with Gasteiger partial charge in [0.25, 0.3) is 0 Å². The molecule has 0 spiro atoms. The van der Waals surface area contributed by atoms with E-state index in [1.54, 1.807) is 11.1 Å². The number of carbonyl (C=O) groups excluding carboxylic acids is 1. The lowest BCUT2D eigenvalue weighted by molar-refractivity contribution is 0.0293. The van der Waals surface area contributed by atoms with Crippen LogP contribution in [0.1, 0.15) is 27.2 Å². The molecule has 136 valence electrons. The molecule has 0 radical (unpaired) electrons. The van der Waals surface area contributed by atoms with Crippen LogP contribution in [0.3, 0.4) is 0 Å². The number of aromatic nitrogens is 3. The molecule has 10 heteroatoms. The van der Waals surface area contributed by atoms with Gasteiger partial charge in [0, 0.05) is 31.4 Å². The number of fused-ring (bicyclic) bond motifs is 1. The van der Waals surface area contributed by atoms with Crippen LogP contribution in [0.4, 0.5) is 10.6 Å². The summed E-state index contributed by atoms with van der Waals surface area (Å²) in [6, 6.07) is 1.95. The summed E-state index contributed by atoms with van der Waals surface area (Å²) in [7, 11) is 0. The number of likely N-dealkylation sites (tertiary alicyclic amines) is 1. The quantitative estimate of drug-likeness (QED) is 0.391. The maximum atomic E-state index is 12.2. The van der Waals surface area contributed by atoms with Gasteiger partial charge in [-0.25, -0.2) is 14.2 Å². The van der Waals surface area contributed by atoms with Crippen molar-refractivity contribution in [3.8, 4) is 0 Å². The molecular weight excluding hydrogens is 476 g/mol. The van der Waals surface area contributed by atoms with E-state index in [1.165, 1.54) is 0 Å². The Hall–Kier alpha value is -0.860. The molecule has 3 heterocycles. The Kier molecular flexibility index (Phi) is 5.60. The molecular formula is C15H20ClIN5O2P. The van der Waals surface area contributed by atoms with Gasteiger partial charge in [-0.05, 0) is 49.2 Å². The lowest BCUT2D eigenvalue weighted by Gasteiger charge is -2.24. The number of rotatable bonds is 3. The molecule has 0 aliphatic carbocycles. The van der Waals surface area contributed by atoms with E-state index in [1.807, 2.05) is 31.3 Å². The lowest BCUT2D eigenvalue weighted by Crippen LogP contribution is -2.36. The predicted molar refractivity (Wildman–Crippen MR) is 110 cm³/mol. The average Bonchev–Trinajstić information content (AvgIpc) is 3.11. The first-order chi connectivity index (χ1) is 11.8. The van der Waals surface area contributed by atoms with Crippen molar-refractivity contribution in [3.63, 3.8) is 0 Å². The number of pyridine rings is 1. The number of nitrogens with one attached hydrogen (secondary N) is 1. The number of halogens is 2. The molecule has 2 aromatic rings. The molecule has 2 unspecified atom stereocenters. The van der Waals surface area contributed by atoms with Crippen LogP contribution in [-0.4, -0.2) is 50.3 Å². The zero-order chi connectivity index (χ0) is 18.2. The second kappa shape index (κ2) is 7.40. The van der Waals surface area contributed by atoms with E-state index in [0.29, 0.717) is 24.6 Å². The van der Waals surface area contributed by atoms with E-state index in [4.69, 9.17) is 16.3 Å². The zero-order valence-corrected chi connectivity index (χ0v) is 18.1. The third kappa shape index (κ3) is 4.46. The van der Waals surface area contributed by atoms with Crippen molar-refractivity contribution in [1.29, 1.82) is 0 Å². The van der Waals surface area contributed by atoms with Crippen LogP contribution in [0.5, 0.6) is 0 Å². The fourth-order valence-electron chi connectivity index (χ4n) is 2.72. The molecule has 1 amide bonds. The third-order valence-corrected chi connectivity index (χ3v) is 5.87.